The van der Waals surface area contributed by atoms with E-state index in [-0.39, 0.29) is 6.03 Å². The zero-order valence-corrected chi connectivity index (χ0v) is 10.5. The third kappa shape index (κ3) is 2.69. The molecule has 3 heteroatoms. The molecule has 0 aromatic carbocycles. The number of likely N-dealkylation sites (tertiary alicyclic amines) is 1. The fourth-order valence-electron chi connectivity index (χ4n) is 2.86. The van der Waals surface area contributed by atoms with Gasteiger partial charge in [0.2, 0.25) is 0 Å². The molecule has 1 aliphatic heterocycles. The van der Waals surface area contributed by atoms with Crippen LogP contribution in [0.1, 0.15) is 46.0 Å². The molecule has 0 spiro atoms. The summed E-state index contributed by atoms with van der Waals surface area (Å²) in [5.41, 5.74) is 0. The lowest BCUT2D eigenvalue weighted by Crippen LogP contribution is -2.46. The number of rotatable bonds is 1. The molecule has 1 aliphatic carbocycles. The van der Waals surface area contributed by atoms with Gasteiger partial charge >= 0.3 is 6.03 Å². The quantitative estimate of drug-likeness (QED) is 0.729. The number of nitrogens with one attached hydrogen (secondary N) is 1. The fourth-order valence-corrected chi connectivity index (χ4v) is 2.86. The highest BCUT2D eigenvalue weighted by molar-refractivity contribution is 5.74. The van der Waals surface area contributed by atoms with Gasteiger partial charge in [-0.1, -0.05) is 13.8 Å². The fraction of sp³-hybridized carbons (Fsp3) is 0.923. The molecule has 1 N–H and O–H groups in total. The molecular formula is C13H24N2O. The molecule has 0 bridgehead atoms. The molecule has 0 aromatic heterocycles. The van der Waals surface area contributed by atoms with Crippen LogP contribution in [0.15, 0.2) is 0 Å². The van der Waals surface area contributed by atoms with E-state index in [1.807, 2.05) is 4.90 Å². The average Bonchev–Trinajstić information content (AvgIpc) is 2.77. The predicted molar refractivity (Wildman–Crippen MR) is 65.3 cm³/mol. The Hall–Kier alpha value is -0.730. The molecule has 1 saturated heterocycles. The SMILES string of the molecule is CC1CCC(NC(=O)N2CCCC2)CC1C. The van der Waals surface area contributed by atoms with Crippen molar-refractivity contribution in [1.29, 1.82) is 0 Å². The first-order chi connectivity index (χ1) is 7.66. The van der Waals surface area contributed by atoms with Crippen LogP contribution in [0.3, 0.4) is 0 Å². The maximum atomic E-state index is 11.9. The smallest absolute Gasteiger partial charge is 0.317 e. The lowest BCUT2D eigenvalue weighted by atomic mass is 9.79. The van der Waals surface area contributed by atoms with Crippen molar-refractivity contribution in [2.45, 2.75) is 52.0 Å². The summed E-state index contributed by atoms with van der Waals surface area (Å²) < 4.78 is 0. The monoisotopic (exact) mass is 224 g/mol. The van der Waals surface area contributed by atoms with E-state index < -0.39 is 0 Å². The second-order valence-electron chi connectivity index (χ2n) is 5.61. The summed E-state index contributed by atoms with van der Waals surface area (Å²) in [5, 5.41) is 3.20. The molecule has 2 aliphatic rings. The van der Waals surface area contributed by atoms with E-state index in [2.05, 4.69) is 19.2 Å². The van der Waals surface area contributed by atoms with Gasteiger partial charge in [0.15, 0.2) is 0 Å². The van der Waals surface area contributed by atoms with Gasteiger partial charge in [-0.2, -0.15) is 0 Å². The van der Waals surface area contributed by atoms with Crippen LogP contribution in [0.2, 0.25) is 0 Å². The number of hydrogen-bond donors (Lipinski definition) is 1. The second-order valence-corrected chi connectivity index (χ2v) is 5.61. The minimum absolute atomic E-state index is 0.171. The molecule has 3 unspecified atom stereocenters. The summed E-state index contributed by atoms with van der Waals surface area (Å²) in [6.45, 7) is 6.52. The minimum Gasteiger partial charge on any atom is -0.335 e. The normalized spacial score (nSPS) is 35.1. The summed E-state index contributed by atoms with van der Waals surface area (Å²) in [6, 6.07) is 0.587. The third-order valence-electron chi connectivity index (χ3n) is 4.32. The zero-order chi connectivity index (χ0) is 11.5. The van der Waals surface area contributed by atoms with Crippen molar-refractivity contribution < 1.29 is 4.79 Å². The number of carbonyl (C=O) groups excluding carboxylic acids is 1. The molecule has 16 heavy (non-hydrogen) atoms. The average molecular weight is 224 g/mol. The summed E-state index contributed by atoms with van der Waals surface area (Å²) in [7, 11) is 0. The number of urea groups is 1. The van der Waals surface area contributed by atoms with E-state index in [1.165, 1.54) is 19.3 Å². The van der Waals surface area contributed by atoms with Crippen LogP contribution in [-0.2, 0) is 0 Å². The van der Waals surface area contributed by atoms with Gasteiger partial charge < -0.3 is 10.2 Å². The van der Waals surface area contributed by atoms with Crippen LogP contribution in [0, 0.1) is 11.8 Å². The summed E-state index contributed by atoms with van der Waals surface area (Å²) in [4.78, 5) is 13.9. The molecule has 3 nitrogen and oxygen atoms in total. The molecular weight excluding hydrogens is 200 g/mol. The largest absolute Gasteiger partial charge is 0.335 e. The zero-order valence-electron chi connectivity index (χ0n) is 10.5. The first kappa shape index (κ1) is 11.7. The van der Waals surface area contributed by atoms with Crippen molar-refractivity contribution in [1.82, 2.24) is 10.2 Å². The van der Waals surface area contributed by atoms with Crippen LogP contribution in [0.5, 0.6) is 0 Å². The Morgan fingerprint density at radius 3 is 2.44 bits per heavy atom. The van der Waals surface area contributed by atoms with Crippen molar-refractivity contribution in [2.75, 3.05) is 13.1 Å². The van der Waals surface area contributed by atoms with Gasteiger partial charge in [0.05, 0.1) is 0 Å². The van der Waals surface area contributed by atoms with E-state index in [4.69, 9.17) is 0 Å². The summed E-state index contributed by atoms with van der Waals surface area (Å²) in [5.74, 6) is 1.57. The van der Waals surface area contributed by atoms with E-state index in [0.29, 0.717) is 6.04 Å². The number of nitrogens with zero attached hydrogens (tertiary/aromatic N) is 1. The van der Waals surface area contributed by atoms with Gasteiger partial charge in [-0.3, -0.25) is 0 Å². The molecule has 0 aromatic rings. The minimum atomic E-state index is 0.171. The Morgan fingerprint density at radius 2 is 1.81 bits per heavy atom. The molecule has 1 heterocycles. The van der Waals surface area contributed by atoms with Gasteiger partial charge in [-0.05, 0) is 43.9 Å². The maximum absolute atomic E-state index is 11.9. The highest BCUT2D eigenvalue weighted by Gasteiger charge is 2.27. The van der Waals surface area contributed by atoms with Crippen molar-refractivity contribution in [3.05, 3.63) is 0 Å². The number of carbonyl (C=O) groups is 1. The lowest BCUT2D eigenvalue weighted by Gasteiger charge is -2.33. The number of amides is 2. The van der Waals surface area contributed by atoms with Crippen LogP contribution in [0.4, 0.5) is 4.79 Å². The molecule has 1 saturated carbocycles. The topological polar surface area (TPSA) is 32.3 Å². The molecule has 3 atom stereocenters. The van der Waals surface area contributed by atoms with Crippen molar-refractivity contribution >= 4 is 6.03 Å². The van der Waals surface area contributed by atoms with Crippen molar-refractivity contribution in [3.63, 3.8) is 0 Å². The van der Waals surface area contributed by atoms with Crippen molar-refractivity contribution in [2.24, 2.45) is 11.8 Å². The van der Waals surface area contributed by atoms with Crippen molar-refractivity contribution in [3.8, 4) is 0 Å². The first-order valence-electron chi connectivity index (χ1n) is 6.72. The molecule has 2 rings (SSSR count). The third-order valence-corrected chi connectivity index (χ3v) is 4.32. The highest BCUT2D eigenvalue weighted by Crippen LogP contribution is 2.29. The number of hydrogen-bond acceptors (Lipinski definition) is 1. The molecule has 0 radical (unpaired) electrons. The second kappa shape index (κ2) is 5.07. The Kier molecular flexibility index (Phi) is 3.72. The Morgan fingerprint density at radius 1 is 1.12 bits per heavy atom. The summed E-state index contributed by atoms with van der Waals surface area (Å²) >= 11 is 0. The first-order valence-corrected chi connectivity index (χ1v) is 6.72. The Balaban J connectivity index is 1.78. The van der Waals surface area contributed by atoms with E-state index >= 15 is 0 Å². The summed E-state index contributed by atoms with van der Waals surface area (Å²) in [6.07, 6.45) is 5.91. The van der Waals surface area contributed by atoms with Crippen LogP contribution in [0.25, 0.3) is 0 Å². The Bertz CT molecular complexity index is 248. The standard InChI is InChI=1S/C13H24N2O/c1-10-5-6-12(9-11(10)2)14-13(16)15-7-3-4-8-15/h10-12H,3-9H2,1-2H3,(H,14,16). The van der Waals surface area contributed by atoms with Gasteiger partial charge in [0.1, 0.15) is 0 Å². The van der Waals surface area contributed by atoms with Gasteiger partial charge in [-0.15, -0.1) is 0 Å². The van der Waals surface area contributed by atoms with E-state index in [9.17, 15) is 4.79 Å². The molecule has 2 fully saturated rings. The van der Waals surface area contributed by atoms with E-state index in [1.54, 1.807) is 0 Å². The highest BCUT2D eigenvalue weighted by atomic mass is 16.2. The Labute approximate surface area is 98.6 Å². The van der Waals surface area contributed by atoms with Gasteiger partial charge in [0, 0.05) is 19.1 Å². The predicted octanol–water partition coefficient (Wildman–Crippen LogP) is 2.62. The molecule has 2 amide bonds. The molecule has 92 valence electrons. The van der Waals surface area contributed by atoms with Gasteiger partial charge in [-0.25, -0.2) is 4.79 Å². The lowest BCUT2D eigenvalue weighted by molar-refractivity contribution is 0.185. The maximum Gasteiger partial charge on any atom is 0.317 e. The van der Waals surface area contributed by atoms with E-state index in [0.717, 1.165) is 37.8 Å². The van der Waals surface area contributed by atoms with Crippen LogP contribution in [-0.4, -0.2) is 30.1 Å². The van der Waals surface area contributed by atoms with Crippen LogP contribution >= 0.6 is 0 Å². The van der Waals surface area contributed by atoms with Gasteiger partial charge in [0.25, 0.3) is 0 Å². The van der Waals surface area contributed by atoms with Crippen LogP contribution < -0.4 is 5.32 Å².